The second-order valence-electron chi connectivity index (χ2n) is 4.75. The van der Waals surface area contributed by atoms with Crippen LogP contribution in [-0.2, 0) is 14.3 Å². The number of hydrogen-bond donors (Lipinski definition) is 2. The summed E-state index contributed by atoms with van der Waals surface area (Å²) in [5.41, 5.74) is 0. The number of carbonyl (C=O) groups excluding carboxylic acids is 3. The molecule has 2 N–H and O–H groups in total. The number of amides is 3. The zero-order valence-corrected chi connectivity index (χ0v) is 11.8. The first-order valence-electron chi connectivity index (χ1n) is 7.02. The van der Waals surface area contributed by atoms with Crippen LogP contribution in [0.25, 0.3) is 0 Å². The molecule has 0 radical (unpaired) electrons. The summed E-state index contributed by atoms with van der Waals surface area (Å²) < 4.78 is 4.90. The lowest BCUT2D eigenvalue weighted by atomic mass is 9.95. The normalized spacial score (nSPS) is 17.4. The fraction of sp³-hybridized carbons (Fsp3) is 0.643. The quantitative estimate of drug-likeness (QED) is 0.439. The summed E-state index contributed by atoms with van der Waals surface area (Å²) in [6, 6.07) is -0.555. The smallest absolute Gasteiger partial charge is 0.321 e. The number of rotatable bonds is 6. The third kappa shape index (κ3) is 6.36. The molecule has 0 aliphatic heterocycles. The number of urea groups is 1. The summed E-state index contributed by atoms with van der Waals surface area (Å²) in [5, 5.41) is 4.66. The molecule has 1 rings (SSSR count). The predicted octanol–water partition coefficient (Wildman–Crippen LogP) is 1.51. The maximum atomic E-state index is 11.7. The first-order chi connectivity index (χ1) is 9.63. The number of ether oxygens (including phenoxy) is 1. The number of allylic oxidation sites excluding steroid dienone is 2. The lowest BCUT2D eigenvalue weighted by Crippen LogP contribution is -2.42. The van der Waals surface area contributed by atoms with Gasteiger partial charge >= 0.3 is 12.0 Å². The Labute approximate surface area is 118 Å². The summed E-state index contributed by atoms with van der Waals surface area (Å²) in [6.45, 7) is 2.11. The van der Waals surface area contributed by atoms with Gasteiger partial charge in [-0.15, -0.1) is 0 Å². The van der Waals surface area contributed by atoms with Crippen molar-refractivity contribution in [3.05, 3.63) is 12.2 Å². The molecule has 1 unspecified atom stereocenters. The Bertz CT molecular complexity index is 379. The molecule has 0 aromatic heterocycles. The lowest BCUT2D eigenvalue weighted by Gasteiger charge is -2.16. The standard InChI is InChI=1S/C14H22N2O4/c1-2-3-9-15-14(19)16-12(17)10-20-13(18)11-7-5-4-6-8-11/h4-5,11H,2-3,6-10H2,1H3,(H2,15,16,17,19). The van der Waals surface area contributed by atoms with Crippen LogP contribution < -0.4 is 10.6 Å². The van der Waals surface area contributed by atoms with E-state index >= 15 is 0 Å². The molecule has 0 fully saturated rings. The van der Waals surface area contributed by atoms with Gasteiger partial charge in [0.15, 0.2) is 6.61 Å². The van der Waals surface area contributed by atoms with Gasteiger partial charge in [-0.2, -0.15) is 0 Å². The van der Waals surface area contributed by atoms with Crippen molar-refractivity contribution >= 4 is 17.9 Å². The number of nitrogens with one attached hydrogen (secondary N) is 2. The monoisotopic (exact) mass is 282 g/mol. The van der Waals surface area contributed by atoms with Gasteiger partial charge in [-0.25, -0.2) is 4.79 Å². The van der Waals surface area contributed by atoms with Crippen LogP contribution in [0.4, 0.5) is 4.79 Å². The fourth-order valence-electron chi connectivity index (χ4n) is 1.85. The molecular formula is C14H22N2O4. The van der Waals surface area contributed by atoms with Gasteiger partial charge in [-0.1, -0.05) is 25.5 Å². The maximum absolute atomic E-state index is 11.7. The predicted molar refractivity (Wildman–Crippen MR) is 73.9 cm³/mol. The van der Waals surface area contributed by atoms with Crippen molar-refractivity contribution in [2.24, 2.45) is 5.92 Å². The Morgan fingerprint density at radius 3 is 2.75 bits per heavy atom. The molecule has 112 valence electrons. The van der Waals surface area contributed by atoms with E-state index in [1.165, 1.54) is 0 Å². The molecule has 20 heavy (non-hydrogen) atoms. The van der Waals surface area contributed by atoms with Crippen molar-refractivity contribution in [2.75, 3.05) is 13.2 Å². The molecule has 0 bridgehead atoms. The average molecular weight is 282 g/mol. The van der Waals surface area contributed by atoms with Crippen LogP contribution in [0, 0.1) is 5.92 Å². The van der Waals surface area contributed by atoms with Gasteiger partial charge in [0.2, 0.25) is 0 Å². The van der Waals surface area contributed by atoms with E-state index in [9.17, 15) is 14.4 Å². The first-order valence-corrected chi connectivity index (χ1v) is 7.02. The second kappa shape index (κ2) is 9.12. The van der Waals surface area contributed by atoms with Gasteiger partial charge in [0.1, 0.15) is 0 Å². The summed E-state index contributed by atoms with van der Waals surface area (Å²) in [6.07, 6.45) is 8.03. The van der Waals surface area contributed by atoms with E-state index < -0.39 is 18.5 Å². The molecule has 6 nitrogen and oxygen atoms in total. The molecule has 3 amide bonds. The van der Waals surface area contributed by atoms with Crippen molar-refractivity contribution in [3.63, 3.8) is 0 Å². The van der Waals surface area contributed by atoms with E-state index in [-0.39, 0.29) is 11.9 Å². The van der Waals surface area contributed by atoms with E-state index in [4.69, 9.17) is 4.74 Å². The minimum absolute atomic E-state index is 0.175. The van der Waals surface area contributed by atoms with Crippen LogP contribution in [0.3, 0.4) is 0 Å². The molecule has 0 aromatic carbocycles. The van der Waals surface area contributed by atoms with E-state index in [1.54, 1.807) is 0 Å². The van der Waals surface area contributed by atoms with Gasteiger partial charge in [0.05, 0.1) is 5.92 Å². The van der Waals surface area contributed by atoms with Crippen LogP contribution in [0.2, 0.25) is 0 Å². The van der Waals surface area contributed by atoms with Crippen LogP contribution in [0.1, 0.15) is 39.0 Å². The molecular weight excluding hydrogens is 260 g/mol. The molecule has 1 aliphatic carbocycles. The summed E-state index contributed by atoms with van der Waals surface area (Å²) in [4.78, 5) is 34.4. The van der Waals surface area contributed by atoms with E-state index in [0.717, 1.165) is 25.7 Å². The van der Waals surface area contributed by atoms with Crippen LogP contribution >= 0.6 is 0 Å². The topological polar surface area (TPSA) is 84.5 Å². The Morgan fingerprint density at radius 2 is 2.10 bits per heavy atom. The Balaban J connectivity index is 2.17. The third-order valence-electron chi connectivity index (χ3n) is 3.02. The highest BCUT2D eigenvalue weighted by Gasteiger charge is 2.21. The van der Waals surface area contributed by atoms with Crippen molar-refractivity contribution < 1.29 is 19.1 Å². The number of imide groups is 1. The molecule has 6 heteroatoms. The highest BCUT2D eigenvalue weighted by atomic mass is 16.5. The molecule has 0 saturated heterocycles. The number of esters is 1. The maximum Gasteiger partial charge on any atom is 0.321 e. The lowest BCUT2D eigenvalue weighted by molar-refractivity contribution is -0.152. The van der Waals surface area contributed by atoms with E-state index in [2.05, 4.69) is 10.6 Å². The van der Waals surface area contributed by atoms with Crippen molar-refractivity contribution in [1.82, 2.24) is 10.6 Å². The Kier molecular flexibility index (Phi) is 7.39. The molecule has 1 atom stereocenters. The highest BCUT2D eigenvalue weighted by Crippen LogP contribution is 2.19. The second-order valence-corrected chi connectivity index (χ2v) is 4.75. The SMILES string of the molecule is CCCCNC(=O)NC(=O)COC(=O)C1CC=CCC1. The summed E-state index contributed by atoms with van der Waals surface area (Å²) in [5.74, 6) is -1.17. The third-order valence-corrected chi connectivity index (χ3v) is 3.02. The minimum Gasteiger partial charge on any atom is -0.455 e. The van der Waals surface area contributed by atoms with Crippen molar-refractivity contribution in [2.45, 2.75) is 39.0 Å². The zero-order chi connectivity index (χ0) is 14.8. The number of carbonyl (C=O) groups is 3. The molecule has 0 spiro atoms. The Hall–Kier alpha value is -1.85. The summed E-state index contributed by atoms with van der Waals surface area (Å²) >= 11 is 0. The van der Waals surface area contributed by atoms with E-state index in [0.29, 0.717) is 13.0 Å². The van der Waals surface area contributed by atoms with Gasteiger partial charge in [0, 0.05) is 6.54 Å². The molecule has 0 heterocycles. The average Bonchev–Trinajstić information content (AvgIpc) is 2.46. The van der Waals surface area contributed by atoms with Gasteiger partial charge in [-0.3, -0.25) is 14.9 Å². The van der Waals surface area contributed by atoms with E-state index in [1.807, 2.05) is 19.1 Å². The molecule has 0 saturated carbocycles. The van der Waals surface area contributed by atoms with Gasteiger partial charge < -0.3 is 10.1 Å². The Morgan fingerprint density at radius 1 is 1.30 bits per heavy atom. The number of unbranched alkanes of at least 4 members (excludes halogenated alkanes) is 1. The van der Waals surface area contributed by atoms with Crippen LogP contribution in [0.5, 0.6) is 0 Å². The molecule has 0 aromatic rings. The summed E-state index contributed by atoms with van der Waals surface area (Å²) in [7, 11) is 0. The first kappa shape index (κ1) is 16.2. The minimum atomic E-state index is -0.612. The van der Waals surface area contributed by atoms with Gasteiger partial charge in [-0.05, 0) is 25.7 Å². The van der Waals surface area contributed by atoms with Crippen molar-refractivity contribution in [3.8, 4) is 0 Å². The fourth-order valence-corrected chi connectivity index (χ4v) is 1.85. The molecule has 1 aliphatic rings. The van der Waals surface area contributed by atoms with Gasteiger partial charge in [0.25, 0.3) is 5.91 Å². The number of hydrogen-bond acceptors (Lipinski definition) is 4. The van der Waals surface area contributed by atoms with Crippen LogP contribution in [-0.4, -0.2) is 31.1 Å². The van der Waals surface area contributed by atoms with Crippen molar-refractivity contribution in [1.29, 1.82) is 0 Å². The zero-order valence-electron chi connectivity index (χ0n) is 11.8. The largest absolute Gasteiger partial charge is 0.455 e. The van der Waals surface area contributed by atoms with Crippen LogP contribution in [0.15, 0.2) is 12.2 Å². The highest BCUT2D eigenvalue weighted by molar-refractivity contribution is 5.95.